The molecule has 16 heavy (non-hydrogen) atoms. The van der Waals surface area contributed by atoms with Crippen molar-refractivity contribution in [2.45, 2.75) is 32.5 Å². The predicted molar refractivity (Wildman–Crippen MR) is 53.5 cm³/mol. The molecule has 5 heteroatoms. The number of hydrogen-bond acceptors (Lipinski definition) is 1. The molecule has 1 aromatic rings. The Morgan fingerprint density at radius 3 is 2.00 bits per heavy atom. The summed E-state index contributed by atoms with van der Waals surface area (Å²) in [5, 5.41) is 0. The largest absolute Gasteiger partial charge is 0.390 e. The van der Waals surface area contributed by atoms with Crippen LogP contribution in [0.2, 0.25) is 0 Å². The van der Waals surface area contributed by atoms with E-state index in [0.717, 1.165) is 0 Å². The number of hydrogen-bond donors (Lipinski definition) is 1. The Labute approximate surface area is 91.3 Å². The molecule has 1 unspecified atom stereocenters. The third-order valence-electron chi connectivity index (χ3n) is 2.38. The lowest BCUT2D eigenvalue weighted by Crippen LogP contribution is -2.22. The first-order chi connectivity index (χ1) is 7.20. The molecule has 0 radical (unpaired) electrons. The molecule has 0 aliphatic rings. The third-order valence-corrected chi connectivity index (χ3v) is 2.38. The standard InChI is InChI=1S/C11H13F4N/c1-6-3-8(12)4-7(2)10(6)9(16)5-11(13,14)15/h3-4,9H,5,16H2,1-2H3. The Hall–Kier alpha value is -1.10. The molecule has 1 atom stereocenters. The number of alkyl halides is 3. The molecule has 0 aromatic heterocycles. The van der Waals surface area contributed by atoms with E-state index in [1.165, 1.54) is 12.1 Å². The van der Waals surface area contributed by atoms with Gasteiger partial charge in [-0.05, 0) is 42.7 Å². The Morgan fingerprint density at radius 1 is 1.19 bits per heavy atom. The minimum absolute atomic E-state index is 0.374. The van der Waals surface area contributed by atoms with Gasteiger partial charge in [0.25, 0.3) is 0 Å². The quantitative estimate of drug-likeness (QED) is 0.781. The van der Waals surface area contributed by atoms with Crippen LogP contribution in [-0.4, -0.2) is 6.18 Å². The van der Waals surface area contributed by atoms with Crippen molar-refractivity contribution in [2.75, 3.05) is 0 Å². The number of rotatable bonds is 2. The first-order valence-electron chi connectivity index (χ1n) is 4.79. The van der Waals surface area contributed by atoms with Crippen LogP contribution >= 0.6 is 0 Å². The average molecular weight is 235 g/mol. The summed E-state index contributed by atoms with van der Waals surface area (Å²) in [6, 6.07) is 1.25. The lowest BCUT2D eigenvalue weighted by molar-refractivity contribution is -0.138. The number of halogens is 4. The van der Waals surface area contributed by atoms with E-state index in [0.29, 0.717) is 16.7 Å². The summed E-state index contributed by atoms with van der Waals surface area (Å²) in [4.78, 5) is 0. The Bertz CT molecular complexity index is 361. The Balaban J connectivity index is 3.04. The maximum atomic E-state index is 12.9. The van der Waals surface area contributed by atoms with Gasteiger partial charge in [-0.25, -0.2) is 4.39 Å². The predicted octanol–water partition coefficient (Wildman–Crippen LogP) is 3.39. The molecule has 0 bridgehead atoms. The third kappa shape index (κ3) is 3.20. The van der Waals surface area contributed by atoms with Crippen LogP contribution in [-0.2, 0) is 0 Å². The maximum absolute atomic E-state index is 12.9. The molecule has 90 valence electrons. The highest BCUT2D eigenvalue weighted by Gasteiger charge is 2.32. The molecule has 0 aliphatic heterocycles. The summed E-state index contributed by atoms with van der Waals surface area (Å²) in [6.45, 7) is 3.11. The van der Waals surface area contributed by atoms with E-state index in [1.807, 2.05) is 0 Å². The van der Waals surface area contributed by atoms with Crippen LogP contribution in [0.5, 0.6) is 0 Å². The molecule has 0 spiro atoms. The van der Waals surface area contributed by atoms with Gasteiger partial charge < -0.3 is 5.73 Å². The monoisotopic (exact) mass is 235 g/mol. The zero-order valence-corrected chi connectivity index (χ0v) is 9.03. The first-order valence-corrected chi connectivity index (χ1v) is 4.79. The molecule has 0 heterocycles. The second-order valence-corrected chi connectivity index (χ2v) is 3.88. The smallest absolute Gasteiger partial charge is 0.324 e. The zero-order chi connectivity index (χ0) is 12.5. The van der Waals surface area contributed by atoms with E-state index in [1.54, 1.807) is 13.8 Å². The van der Waals surface area contributed by atoms with Crippen LogP contribution in [0.25, 0.3) is 0 Å². The van der Waals surface area contributed by atoms with E-state index >= 15 is 0 Å². The van der Waals surface area contributed by atoms with E-state index in [9.17, 15) is 17.6 Å². The van der Waals surface area contributed by atoms with Gasteiger partial charge in [0, 0.05) is 6.04 Å². The van der Waals surface area contributed by atoms with Crippen molar-refractivity contribution in [3.8, 4) is 0 Å². The maximum Gasteiger partial charge on any atom is 0.390 e. The fraction of sp³-hybridized carbons (Fsp3) is 0.455. The minimum Gasteiger partial charge on any atom is -0.324 e. The normalized spacial score (nSPS) is 13.9. The fourth-order valence-electron chi connectivity index (χ4n) is 1.86. The highest BCUT2D eigenvalue weighted by Crippen LogP contribution is 2.31. The van der Waals surface area contributed by atoms with Gasteiger partial charge in [-0.15, -0.1) is 0 Å². The highest BCUT2D eigenvalue weighted by molar-refractivity contribution is 5.36. The van der Waals surface area contributed by atoms with E-state index < -0.39 is 24.5 Å². The summed E-state index contributed by atoms with van der Waals surface area (Å²) in [5.74, 6) is -0.460. The van der Waals surface area contributed by atoms with Crippen LogP contribution in [0.15, 0.2) is 12.1 Å². The molecular formula is C11H13F4N. The van der Waals surface area contributed by atoms with Crippen molar-refractivity contribution in [3.63, 3.8) is 0 Å². The summed E-state index contributed by atoms with van der Waals surface area (Å²) in [6.07, 6.45) is -5.41. The SMILES string of the molecule is Cc1cc(F)cc(C)c1C(N)CC(F)(F)F. The lowest BCUT2D eigenvalue weighted by Gasteiger charge is -2.19. The first kappa shape index (κ1) is 13.0. The fourth-order valence-corrected chi connectivity index (χ4v) is 1.86. The molecule has 1 aromatic carbocycles. The molecule has 0 amide bonds. The van der Waals surface area contributed by atoms with Crippen molar-refractivity contribution in [1.82, 2.24) is 0 Å². The van der Waals surface area contributed by atoms with Crippen molar-refractivity contribution in [2.24, 2.45) is 5.73 Å². The second kappa shape index (κ2) is 4.41. The van der Waals surface area contributed by atoms with E-state index in [2.05, 4.69) is 0 Å². The molecule has 1 nitrogen and oxygen atoms in total. The van der Waals surface area contributed by atoms with Crippen LogP contribution < -0.4 is 5.73 Å². The molecule has 0 saturated carbocycles. The summed E-state index contributed by atoms with van der Waals surface area (Å²) in [5.41, 5.74) is 6.77. The van der Waals surface area contributed by atoms with Gasteiger partial charge in [0.2, 0.25) is 0 Å². The van der Waals surface area contributed by atoms with Crippen LogP contribution in [0.3, 0.4) is 0 Å². The van der Waals surface area contributed by atoms with Crippen LogP contribution in [0.1, 0.15) is 29.2 Å². The van der Waals surface area contributed by atoms with E-state index in [4.69, 9.17) is 5.73 Å². The van der Waals surface area contributed by atoms with Crippen molar-refractivity contribution < 1.29 is 17.6 Å². The van der Waals surface area contributed by atoms with Gasteiger partial charge in [0.05, 0.1) is 6.42 Å². The van der Waals surface area contributed by atoms with Gasteiger partial charge in [-0.2, -0.15) is 13.2 Å². The second-order valence-electron chi connectivity index (χ2n) is 3.88. The van der Waals surface area contributed by atoms with Crippen molar-refractivity contribution in [1.29, 1.82) is 0 Å². The van der Waals surface area contributed by atoms with Crippen LogP contribution in [0.4, 0.5) is 17.6 Å². The Morgan fingerprint density at radius 2 is 1.62 bits per heavy atom. The number of benzene rings is 1. The van der Waals surface area contributed by atoms with Crippen molar-refractivity contribution >= 4 is 0 Å². The van der Waals surface area contributed by atoms with Crippen LogP contribution in [0, 0.1) is 19.7 Å². The molecule has 0 saturated heterocycles. The highest BCUT2D eigenvalue weighted by atomic mass is 19.4. The molecule has 2 N–H and O–H groups in total. The van der Waals surface area contributed by atoms with Gasteiger partial charge in [0.1, 0.15) is 5.82 Å². The van der Waals surface area contributed by atoms with E-state index in [-0.39, 0.29) is 0 Å². The topological polar surface area (TPSA) is 26.0 Å². The number of aryl methyl sites for hydroxylation is 2. The molecule has 0 fully saturated rings. The summed E-state index contributed by atoms with van der Waals surface area (Å²) >= 11 is 0. The molecule has 1 rings (SSSR count). The average Bonchev–Trinajstić information content (AvgIpc) is 1.96. The van der Waals surface area contributed by atoms with Gasteiger partial charge in [-0.1, -0.05) is 0 Å². The zero-order valence-electron chi connectivity index (χ0n) is 9.03. The van der Waals surface area contributed by atoms with Crippen molar-refractivity contribution in [3.05, 3.63) is 34.6 Å². The van der Waals surface area contributed by atoms with Gasteiger partial charge in [-0.3, -0.25) is 0 Å². The number of nitrogens with two attached hydrogens (primary N) is 1. The minimum atomic E-state index is -4.31. The lowest BCUT2D eigenvalue weighted by atomic mass is 9.94. The molecule has 0 aliphatic carbocycles. The Kier molecular flexibility index (Phi) is 3.57. The van der Waals surface area contributed by atoms with Gasteiger partial charge in [0.15, 0.2) is 0 Å². The van der Waals surface area contributed by atoms with Gasteiger partial charge >= 0.3 is 6.18 Å². The summed E-state index contributed by atoms with van der Waals surface area (Å²) in [7, 11) is 0. The molecular weight excluding hydrogens is 222 g/mol. The summed E-state index contributed by atoms with van der Waals surface area (Å²) < 4.78 is 49.5.